The van der Waals surface area contributed by atoms with E-state index in [0.29, 0.717) is 12.0 Å². The predicted octanol–water partition coefficient (Wildman–Crippen LogP) is 2.68. The van der Waals surface area contributed by atoms with Gasteiger partial charge in [-0.3, -0.25) is 4.98 Å². The van der Waals surface area contributed by atoms with Crippen molar-refractivity contribution in [2.45, 2.75) is 19.4 Å². The van der Waals surface area contributed by atoms with Gasteiger partial charge in [-0.15, -0.1) is 0 Å². The van der Waals surface area contributed by atoms with E-state index in [1.807, 2.05) is 6.07 Å². The van der Waals surface area contributed by atoms with E-state index in [1.165, 1.54) is 0 Å². The first-order valence-corrected chi connectivity index (χ1v) is 6.00. The molecule has 0 radical (unpaired) electrons. The summed E-state index contributed by atoms with van der Waals surface area (Å²) in [6.07, 6.45) is 4.75. The van der Waals surface area contributed by atoms with Crippen LogP contribution in [0.3, 0.4) is 0 Å². The van der Waals surface area contributed by atoms with E-state index in [4.69, 9.17) is 4.74 Å². The van der Waals surface area contributed by atoms with Crippen LogP contribution in [0, 0.1) is 5.92 Å². The van der Waals surface area contributed by atoms with Gasteiger partial charge in [0.05, 0.1) is 16.8 Å². The minimum atomic E-state index is 0.436. The van der Waals surface area contributed by atoms with E-state index in [0.717, 1.165) is 29.8 Å². The van der Waals surface area contributed by atoms with Crippen LogP contribution >= 0.6 is 15.9 Å². The number of rotatable bonds is 3. The van der Waals surface area contributed by atoms with Crippen LogP contribution in [0.25, 0.3) is 0 Å². The van der Waals surface area contributed by atoms with Crippen LogP contribution in [0.2, 0.25) is 0 Å². The molecule has 15 heavy (non-hydrogen) atoms. The van der Waals surface area contributed by atoms with E-state index in [9.17, 15) is 0 Å². The second kappa shape index (κ2) is 4.94. The van der Waals surface area contributed by atoms with Gasteiger partial charge in [0.15, 0.2) is 0 Å². The number of nitrogens with one attached hydrogen (secondary N) is 1. The van der Waals surface area contributed by atoms with Crippen molar-refractivity contribution in [1.82, 2.24) is 4.98 Å². The lowest BCUT2D eigenvalue weighted by Crippen LogP contribution is -2.26. The summed E-state index contributed by atoms with van der Waals surface area (Å²) in [5, 5.41) is 3.49. The summed E-state index contributed by atoms with van der Waals surface area (Å²) < 4.78 is 6.39. The Balaban J connectivity index is 1.99. The average Bonchev–Trinajstić information content (AvgIpc) is 2.74. The lowest BCUT2D eigenvalue weighted by Gasteiger charge is -2.21. The van der Waals surface area contributed by atoms with Crippen molar-refractivity contribution >= 4 is 21.6 Å². The van der Waals surface area contributed by atoms with Gasteiger partial charge in [-0.1, -0.05) is 0 Å². The van der Waals surface area contributed by atoms with E-state index in [2.05, 4.69) is 33.2 Å². The fraction of sp³-hybridized carbons (Fsp3) is 0.545. The molecule has 82 valence electrons. The second-order valence-corrected chi connectivity index (χ2v) is 4.77. The van der Waals surface area contributed by atoms with Gasteiger partial charge in [-0.05, 0) is 35.3 Å². The van der Waals surface area contributed by atoms with E-state index < -0.39 is 0 Å². The SMILES string of the molecule is CC(Nc1ccncc1Br)C1CCOC1. The van der Waals surface area contributed by atoms with Gasteiger partial charge in [-0.25, -0.2) is 0 Å². The molecule has 1 aliphatic rings. The zero-order valence-electron chi connectivity index (χ0n) is 8.74. The normalized spacial score (nSPS) is 22.7. The van der Waals surface area contributed by atoms with E-state index in [1.54, 1.807) is 12.4 Å². The van der Waals surface area contributed by atoms with Crippen LogP contribution < -0.4 is 5.32 Å². The Hall–Kier alpha value is -0.610. The number of anilines is 1. The fourth-order valence-corrected chi connectivity index (χ4v) is 2.17. The van der Waals surface area contributed by atoms with Gasteiger partial charge >= 0.3 is 0 Å². The van der Waals surface area contributed by atoms with Gasteiger partial charge in [0.1, 0.15) is 0 Å². The van der Waals surface area contributed by atoms with Crippen LogP contribution in [0.1, 0.15) is 13.3 Å². The highest BCUT2D eigenvalue weighted by Crippen LogP contribution is 2.24. The Morgan fingerprint density at radius 2 is 2.53 bits per heavy atom. The predicted molar refractivity (Wildman–Crippen MR) is 63.9 cm³/mol. The minimum Gasteiger partial charge on any atom is -0.381 e. The first-order chi connectivity index (χ1) is 7.27. The van der Waals surface area contributed by atoms with Crippen molar-refractivity contribution < 1.29 is 4.74 Å². The number of halogens is 1. The monoisotopic (exact) mass is 270 g/mol. The molecule has 2 heterocycles. The molecule has 1 aromatic heterocycles. The molecule has 0 amide bonds. The smallest absolute Gasteiger partial charge is 0.0590 e. The molecule has 2 unspecified atom stereocenters. The molecule has 0 spiro atoms. The van der Waals surface area contributed by atoms with Crippen LogP contribution in [0.15, 0.2) is 22.9 Å². The average molecular weight is 271 g/mol. The maximum absolute atomic E-state index is 5.38. The third-order valence-corrected chi connectivity index (χ3v) is 3.46. The molecule has 1 N–H and O–H groups in total. The molecule has 2 rings (SSSR count). The summed E-state index contributed by atoms with van der Waals surface area (Å²) >= 11 is 3.48. The summed E-state index contributed by atoms with van der Waals surface area (Å²) in [6.45, 7) is 3.97. The molecule has 0 aliphatic carbocycles. The van der Waals surface area contributed by atoms with Crippen molar-refractivity contribution in [3.63, 3.8) is 0 Å². The maximum Gasteiger partial charge on any atom is 0.0590 e. The van der Waals surface area contributed by atoms with Gasteiger partial charge in [-0.2, -0.15) is 0 Å². The highest BCUT2D eigenvalue weighted by Gasteiger charge is 2.22. The third kappa shape index (κ3) is 2.69. The van der Waals surface area contributed by atoms with Crippen LogP contribution in [0.5, 0.6) is 0 Å². The number of nitrogens with zero attached hydrogens (tertiary/aromatic N) is 1. The molecular weight excluding hydrogens is 256 g/mol. The Morgan fingerprint density at radius 3 is 3.20 bits per heavy atom. The molecule has 1 saturated heterocycles. The largest absolute Gasteiger partial charge is 0.381 e. The molecule has 0 saturated carbocycles. The molecule has 2 atom stereocenters. The Bertz CT molecular complexity index is 326. The van der Waals surface area contributed by atoms with Crippen LogP contribution in [0.4, 0.5) is 5.69 Å². The van der Waals surface area contributed by atoms with Crippen molar-refractivity contribution in [3.05, 3.63) is 22.9 Å². The highest BCUT2D eigenvalue weighted by atomic mass is 79.9. The van der Waals surface area contributed by atoms with Crippen LogP contribution in [-0.4, -0.2) is 24.2 Å². The second-order valence-electron chi connectivity index (χ2n) is 3.91. The third-order valence-electron chi connectivity index (χ3n) is 2.83. The summed E-state index contributed by atoms with van der Waals surface area (Å²) in [4.78, 5) is 4.04. The maximum atomic E-state index is 5.38. The Morgan fingerprint density at radius 1 is 1.67 bits per heavy atom. The number of pyridine rings is 1. The summed E-state index contributed by atoms with van der Waals surface area (Å²) in [6, 6.07) is 2.42. The van der Waals surface area contributed by atoms with Gasteiger partial charge in [0, 0.05) is 31.0 Å². The number of hydrogen-bond donors (Lipinski definition) is 1. The topological polar surface area (TPSA) is 34.2 Å². The van der Waals surface area contributed by atoms with Crippen LogP contribution in [-0.2, 0) is 4.74 Å². The molecule has 1 aliphatic heterocycles. The number of ether oxygens (including phenoxy) is 1. The molecule has 0 aromatic carbocycles. The fourth-order valence-electron chi connectivity index (χ4n) is 1.80. The first-order valence-electron chi connectivity index (χ1n) is 5.21. The van der Waals surface area contributed by atoms with Gasteiger partial charge in [0.25, 0.3) is 0 Å². The molecular formula is C11H15BrN2O. The number of hydrogen-bond acceptors (Lipinski definition) is 3. The van der Waals surface area contributed by atoms with Crippen molar-refractivity contribution in [3.8, 4) is 0 Å². The van der Waals surface area contributed by atoms with Crippen molar-refractivity contribution in [1.29, 1.82) is 0 Å². The molecule has 3 nitrogen and oxygen atoms in total. The molecule has 4 heteroatoms. The minimum absolute atomic E-state index is 0.436. The first kappa shape index (κ1) is 10.9. The Kier molecular flexibility index (Phi) is 3.59. The number of aromatic nitrogens is 1. The standard InChI is InChI=1S/C11H15BrN2O/c1-8(9-3-5-15-7-9)14-11-2-4-13-6-10(11)12/h2,4,6,8-9H,3,5,7H2,1H3,(H,13,14). The molecule has 1 aromatic rings. The summed E-state index contributed by atoms with van der Waals surface area (Å²) in [7, 11) is 0. The Labute approximate surface area is 98.4 Å². The van der Waals surface area contributed by atoms with Gasteiger partial charge in [0.2, 0.25) is 0 Å². The summed E-state index contributed by atoms with van der Waals surface area (Å²) in [5.74, 6) is 0.616. The van der Waals surface area contributed by atoms with Crippen molar-refractivity contribution in [2.24, 2.45) is 5.92 Å². The zero-order valence-corrected chi connectivity index (χ0v) is 10.3. The molecule has 1 fully saturated rings. The summed E-state index contributed by atoms with van der Waals surface area (Å²) in [5.41, 5.74) is 1.10. The van der Waals surface area contributed by atoms with Crippen molar-refractivity contribution in [2.75, 3.05) is 18.5 Å². The highest BCUT2D eigenvalue weighted by molar-refractivity contribution is 9.10. The van der Waals surface area contributed by atoms with E-state index in [-0.39, 0.29) is 0 Å². The molecule has 0 bridgehead atoms. The lowest BCUT2D eigenvalue weighted by atomic mass is 10.0. The van der Waals surface area contributed by atoms with E-state index >= 15 is 0 Å². The quantitative estimate of drug-likeness (QED) is 0.917. The van der Waals surface area contributed by atoms with Gasteiger partial charge < -0.3 is 10.1 Å². The lowest BCUT2D eigenvalue weighted by molar-refractivity contribution is 0.183. The zero-order chi connectivity index (χ0) is 10.7.